The minimum atomic E-state index is -0.913. The van der Waals surface area contributed by atoms with Crippen LogP contribution in [0.2, 0.25) is 5.02 Å². The second-order valence-corrected chi connectivity index (χ2v) is 14.4. The number of aryl methyl sites for hydroxylation is 3. The molecule has 276 valence electrons. The first-order valence-electron chi connectivity index (χ1n) is 18.2. The largest absolute Gasteiger partial charge is 0.492 e. The van der Waals surface area contributed by atoms with Crippen molar-refractivity contribution in [2.24, 2.45) is 0 Å². The number of nitrogens with zero attached hydrogens (tertiary/aromatic N) is 2. The van der Waals surface area contributed by atoms with Crippen LogP contribution >= 0.6 is 11.6 Å². The topological polar surface area (TPSA) is 118 Å². The number of carboxylic acid groups (broad SMARTS) is 1. The Kier molecular flexibility index (Phi) is 12.1. The number of hydrogen-bond acceptors (Lipinski definition) is 7. The summed E-state index contributed by atoms with van der Waals surface area (Å²) in [5.74, 6) is 1.06. The van der Waals surface area contributed by atoms with E-state index in [1.165, 1.54) is 0 Å². The fraction of sp³-hybridized carbons (Fsp3) is 0.439. The Balaban J connectivity index is 1.19. The van der Waals surface area contributed by atoms with Gasteiger partial charge in [0.25, 0.3) is 5.91 Å². The van der Waals surface area contributed by atoms with E-state index in [9.17, 15) is 14.4 Å². The lowest BCUT2D eigenvalue weighted by atomic mass is 9.82. The molecule has 0 aromatic heterocycles. The SMILES string of the molecule is Cc1cccc(OCCN(C(=O)C2=C(c3ccc(OCCOc4cc(C)c(C)cc4Cl)cc3)C[C@@H]3CN(C(=O)CCCC(=O)O)C[C@H]2N3)C2CC2)c1. The van der Waals surface area contributed by atoms with Gasteiger partial charge in [-0.05, 0) is 111 Å². The highest BCUT2D eigenvalue weighted by atomic mass is 35.5. The summed E-state index contributed by atoms with van der Waals surface area (Å²) in [6.07, 6.45) is 2.86. The Hall–Kier alpha value is -4.54. The van der Waals surface area contributed by atoms with Gasteiger partial charge < -0.3 is 34.4 Å². The van der Waals surface area contributed by atoms with Crippen LogP contribution in [0.5, 0.6) is 17.2 Å². The minimum Gasteiger partial charge on any atom is -0.492 e. The van der Waals surface area contributed by atoms with E-state index in [1.807, 2.05) is 86.3 Å². The van der Waals surface area contributed by atoms with Crippen LogP contribution in [0.3, 0.4) is 0 Å². The molecule has 2 fully saturated rings. The summed E-state index contributed by atoms with van der Waals surface area (Å²) in [6.45, 7) is 8.38. The number of carbonyl (C=O) groups excluding carboxylic acids is 2. The van der Waals surface area contributed by atoms with Crippen LogP contribution in [-0.2, 0) is 14.4 Å². The number of halogens is 1. The van der Waals surface area contributed by atoms with Gasteiger partial charge >= 0.3 is 5.97 Å². The van der Waals surface area contributed by atoms with Crippen molar-refractivity contribution < 1.29 is 33.7 Å². The molecular formula is C41H48ClN3O7. The molecule has 52 heavy (non-hydrogen) atoms. The first-order valence-corrected chi connectivity index (χ1v) is 18.6. The van der Waals surface area contributed by atoms with E-state index in [0.717, 1.165) is 46.4 Å². The Bertz CT molecular complexity index is 1810. The molecule has 2 atom stereocenters. The first-order chi connectivity index (χ1) is 25.0. The van der Waals surface area contributed by atoms with Crippen LogP contribution in [0.1, 0.15) is 60.8 Å². The van der Waals surface area contributed by atoms with E-state index in [-0.39, 0.29) is 49.2 Å². The highest BCUT2D eigenvalue weighted by Crippen LogP contribution is 2.37. The zero-order chi connectivity index (χ0) is 36.8. The van der Waals surface area contributed by atoms with Crippen molar-refractivity contribution in [3.63, 3.8) is 0 Å². The van der Waals surface area contributed by atoms with Crippen LogP contribution in [0.4, 0.5) is 0 Å². The standard InChI is InChI=1S/C41H48ClN3O7/c1-26-6-4-7-33(20-26)50-17-16-45(31-12-13-31)41(49)40-34(23-30-24-44(25-36(40)43-30)38(46)8-5-9-39(47)48)29-10-14-32(15-11-29)51-18-19-52-37-22-28(3)27(2)21-35(37)42/h4,6-7,10-11,14-15,20-22,30-31,36,43H,5,8-9,12-13,16-19,23-25H2,1-3H3,(H,47,48)/t30-,36-/m1/s1. The average Bonchev–Trinajstić information content (AvgIpc) is 3.96. The second kappa shape index (κ2) is 16.9. The van der Waals surface area contributed by atoms with Crippen molar-refractivity contribution in [2.75, 3.05) is 39.5 Å². The summed E-state index contributed by atoms with van der Waals surface area (Å²) < 4.78 is 18.0. The quantitative estimate of drug-likeness (QED) is 0.163. The molecule has 2 bridgehead atoms. The average molecular weight is 730 g/mol. The van der Waals surface area contributed by atoms with Crippen LogP contribution in [0, 0.1) is 20.8 Å². The monoisotopic (exact) mass is 729 g/mol. The molecule has 2 N–H and O–H groups in total. The third kappa shape index (κ3) is 9.46. The number of carboxylic acids is 1. The van der Waals surface area contributed by atoms with Gasteiger partial charge in [-0.25, -0.2) is 0 Å². The molecule has 2 aliphatic heterocycles. The van der Waals surface area contributed by atoms with Gasteiger partial charge in [0.15, 0.2) is 0 Å². The fourth-order valence-electron chi connectivity index (χ4n) is 7.01. The number of benzene rings is 3. The molecule has 0 spiro atoms. The van der Waals surface area contributed by atoms with Gasteiger partial charge in [-0.2, -0.15) is 0 Å². The van der Waals surface area contributed by atoms with E-state index in [4.69, 9.17) is 30.9 Å². The lowest BCUT2D eigenvalue weighted by molar-refractivity contribution is -0.138. The molecule has 0 radical (unpaired) electrons. The van der Waals surface area contributed by atoms with Crippen molar-refractivity contribution in [1.82, 2.24) is 15.1 Å². The maximum atomic E-state index is 14.7. The zero-order valence-corrected chi connectivity index (χ0v) is 30.9. The molecule has 6 rings (SSSR count). The lowest BCUT2D eigenvalue weighted by Crippen LogP contribution is -2.62. The van der Waals surface area contributed by atoms with Crippen LogP contribution in [0.15, 0.2) is 66.2 Å². The molecule has 2 heterocycles. The minimum absolute atomic E-state index is 0.0380. The van der Waals surface area contributed by atoms with Crippen LogP contribution < -0.4 is 19.5 Å². The van der Waals surface area contributed by atoms with Crippen molar-refractivity contribution in [3.8, 4) is 17.2 Å². The molecule has 2 amide bonds. The van der Waals surface area contributed by atoms with E-state index in [2.05, 4.69) is 5.32 Å². The third-order valence-electron chi connectivity index (χ3n) is 9.97. The predicted octanol–water partition coefficient (Wildman–Crippen LogP) is 6.37. The van der Waals surface area contributed by atoms with Crippen LogP contribution in [-0.4, -0.2) is 90.3 Å². The van der Waals surface area contributed by atoms with E-state index in [1.54, 1.807) is 4.90 Å². The number of hydrogen-bond donors (Lipinski definition) is 2. The number of fused-ring (bicyclic) bond motifs is 2. The molecule has 3 aromatic carbocycles. The van der Waals surface area contributed by atoms with Gasteiger partial charge in [0.05, 0.1) is 17.6 Å². The Labute approximate surface area is 310 Å². The number of piperazine rings is 1. The maximum Gasteiger partial charge on any atom is 0.303 e. The normalized spacial score (nSPS) is 18.2. The summed E-state index contributed by atoms with van der Waals surface area (Å²) in [5.41, 5.74) is 5.92. The van der Waals surface area contributed by atoms with Gasteiger partial charge in [-0.3, -0.25) is 14.4 Å². The summed E-state index contributed by atoms with van der Waals surface area (Å²) in [7, 11) is 0. The number of ether oxygens (including phenoxy) is 3. The molecular weight excluding hydrogens is 682 g/mol. The third-order valence-corrected chi connectivity index (χ3v) is 10.3. The number of aliphatic carboxylic acids is 1. The van der Waals surface area contributed by atoms with Crippen molar-refractivity contribution in [3.05, 3.63) is 93.5 Å². The number of nitrogens with one attached hydrogen (secondary N) is 1. The number of amides is 2. The lowest BCUT2D eigenvalue weighted by Gasteiger charge is -2.45. The molecule has 3 aromatic rings. The smallest absolute Gasteiger partial charge is 0.303 e. The summed E-state index contributed by atoms with van der Waals surface area (Å²) in [6, 6.07) is 19.3. The van der Waals surface area contributed by atoms with E-state index < -0.39 is 5.97 Å². The van der Waals surface area contributed by atoms with Gasteiger partial charge in [-0.15, -0.1) is 0 Å². The molecule has 0 unspecified atom stereocenters. The highest BCUT2D eigenvalue weighted by molar-refractivity contribution is 6.32. The molecule has 1 saturated heterocycles. The predicted molar refractivity (Wildman–Crippen MR) is 200 cm³/mol. The Morgan fingerprint density at radius 1 is 0.885 bits per heavy atom. The maximum absolute atomic E-state index is 14.7. The summed E-state index contributed by atoms with van der Waals surface area (Å²) >= 11 is 6.36. The summed E-state index contributed by atoms with van der Waals surface area (Å²) in [4.78, 5) is 42.7. The Morgan fingerprint density at radius 3 is 2.35 bits per heavy atom. The van der Waals surface area contributed by atoms with Crippen molar-refractivity contribution >= 4 is 35.0 Å². The van der Waals surface area contributed by atoms with Gasteiger partial charge in [0.2, 0.25) is 5.91 Å². The second-order valence-electron chi connectivity index (χ2n) is 14.0. The number of carbonyl (C=O) groups is 3. The highest BCUT2D eigenvalue weighted by Gasteiger charge is 2.43. The first kappa shape index (κ1) is 37.2. The molecule has 1 saturated carbocycles. The van der Waals surface area contributed by atoms with E-state index in [0.29, 0.717) is 68.0 Å². The molecule has 1 aliphatic carbocycles. The van der Waals surface area contributed by atoms with Crippen molar-refractivity contribution in [2.45, 2.75) is 77.4 Å². The molecule has 3 aliphatic rings. The van der Waals surface area contributed by atoms with Gasteiger partial charge in [0, 0.05) is 43.6 Å². The fourth-order valence-corrected chi connectivity index (χ4v) is 7.28. The summed E-state index contributed by atoms with van der Waals surface area (Å²) in [5, 5.41) is 13.3. The van der Waals surface area contributed by atoms with Crippen LogP contribution in [0.25, 0.3) is 5.57 Å². The van der Waals surface area contributed by atoms with E-state index >= 15 is 0 Å². The number of rotatable bonds is 16. The zero-order valence-electron chi connectivity index (χ0n) is 30.2. The molecule has 10 nitrogen and oxygen atoms in total. The van der Waals surface area contributed by atoms with Crippen molar-refractivity contribution in [1.29, 1.82) is 0 Å². The van der Waals surface area contributed by atoms with Gasteiger partial charge in [-0.1, -0.05) is 35.9 Å². The molecule has 11 heteroatoms. The van der Waals surface area contributed by atoms with Gasteiger partial charge in [0.1, 0.15) is 37.1 Å². The Morgan fingerprint density at radius 2 is 1.62 bits per heavy atom.